The highest BCUT2D eigenvalue weighted by Crippen LogP contribution is 2.21. The van der Waals surface area contributed by atoms with Crippen LogP contribution in [0.1, 0.15) is 24.5 Å². The van der Waals surface area contributed by atoms with Crippen LogP contribution in [0.3, 0.4) is 0 Å². The summed E-state index contributed by atoms with van der Waals surface area (Å²) in [5.74, 6) is -0.711. The summed E-state index contributed by atoms with van der Waals surface area (Å²) < 4.78 is 32.9. The Morgan fingerprint density at radius 2 is 1.86 bits per heavy atom. The molecule has 0 aromatic heterocycles. The topological polar surface area (TPSA) is 35.9 Å². The number of hydrogen-bond acceptors (Lipinski definition) is 4. The van der Waals surface area contributed by atoms with E-state index < -0.39 is 11.6 Å². The Balaban J connectivity index is 1.62. The number of nitrogens with zero attached hydrogens (tertiary/aromatic N) is 2. The highest BCUT2D eigenvalue weighted by atomic mass is 19.2. The second kappa shape index (κ2) is 9.96. The first-order valence-electron chi connectivity index (χ1n) is 9.82. The second-order valence-corrected chi connectivity index (χ2v) is 7.16. The van der Waals surface area contributed by atoms with E-state index in [2.05, 4.69) is 21.9 Å². The number of aliphatic hydroxyl groups is 1. The van der Waals surface area contributed by atoms with Crippen LogP contribution in [0.2, 0.25) is 0 Å². The molecule has 0 bridgehead atoms. The maximum absolute atomic E-state index is 14.0. The van der Waals surface area contributed by atoms with Crippen molar-refractivity contribution >= 4 is 0 Å². The predicted molar refractivity (Wildman–Crippen MR) is 105 cm³/mol. The molecule has 1 fully saturated rings. The van der Waals surface area contributed by atoms with E-state index in [1.807, 2.05) is 19.1 Å². The molecule has 1 aliphatic heterocycles. The summed E-state index contributed by atoms with van der Waals surface area (Å²) in [5.41, 5.74) is 1.57. The fourth-order valence-corrected chi connectivity index (χ4v) is 3.74. The highest BCUT2D eigenvalue weighted by molar-refractivity contribution is 5.27. The van der Waals surface area contributed by atoms with Gasteiger partial charge in [0, 0.05) is 50.9 Å². The van der Waals surface area contributed by atoms with E-state index in [0.29, 0.717) is 31.7 Å². The molecule has 2 aromatic carbocycles. The summed E-state index contributed by atoms with van der Waals surface area (Å²) in [5, 5.41) is 9.48. The van der Waals surface area contributed by atoms with E-state index in [1.54, 1.807) is 12.1 Å². The first-order valence-corrected chi connectivity index (χ1v) is 9.82. The normalized spacial score (nSPS) is 18.4. The summed E-state index contributed by atoms with van der Waals surface area (Å²) in [6.45, 7) is 6.18. The van der Waals surface area contributed by atoms with Gasteiger partial charge in [-0.05, 0) is 37.1 Å². The van der Waals surface area contributed by atoms with Crippen LogP contribution in [0.4, 0.5) is 8.78 Å². The number of rotatable bonds is 8. The molecule has 1 aliphatic rings. The van der Waals surface area contributed by atoms with Gasteiger partial charge in [0.1, 0.15) is 5.75 Å². The Hall–Kier alpha value is -2.02. The molecule has 0 spiro atoms. The van der Waals surface area contributed by atoms with Crippen molar-refractivity contribution in [1.29, 1.82) is 0 Å². The first-order chi connectivity index (χ1) is 13.6. The van der Waals surface area contributed by atoms with Gasteiger partial charge in [-0.2, -0.15) is 0 Å². The Morgan fingerprint density at radius 3 is 2.57 bits per heavy atom. The van der Waals surface area contributed by atoms with Crippen LogP contribution in [-0.4, -0.2) is 53.8 Å². The molecule has 0 aliphatic carbocycles. The van der Waals surface area contributed by atoms with Crippen molar-refractivity contribution in [2.45, 2.75) is 32.5 Å². The molecular formula is C22H28F2N2O2. The van der Waals surface area contributed by atoms with Gasteiger partial charge in [0.2, 0.25) is 0 Å². The van der Waals surface area contributed by atoms with Crippen molar-refractivity contribution in [3.8, 4) is 5.75 Å². The van der Waals surface area contributed by atoms with Crippen molar-refractivity contribution in [3.63, 3.8) is 0 Å². The lowest BCUT2D eigenvalue weighted by Gasteiger charge is -2.41. The molecule has 3 rings (SSSR count). The molecule has 0 radical (unpaired) electrons. The van der Waals surface area contributed by atoms with E-state index in [-0.39, 0.29) is 12.6 Å². The highest BCUT2D eigenvalue weighted by Gasteiger charge is 2.27. The molecule has 1 N–H and O–H groups in total. The zero-order valence-corrected chi connectivity index (χ0v) is 16.3. The van der Waals surface area contributed by atoms with Crippen LogP contribution in [-0.2, 0) is 13.1 Å². The molecule has 152 valence electrons. The number of ether oxygens (including phenoxy) is 1. The van der Waals surface area contributed by atoms with Crippen LogP contribution in [0.5, 0.6) is 5.75 Å². The molecule has 0 saturated carbocycles. The molecular weight excluding hydrogens is 362 g/mol. The van der Waals surface area contributed by atoms with Gasteiger partial charge < -0.3 is 9.84 Å². The summed E-state index contributed by atoms with van der Waals surface area (Å²) in [7, 11) is 0. The number of hydrogen-bond donors (Lipinski definition) is 1. The Labute approximate surface area is 165 Å². The largest absolute Gasteiger partial charge is 0.494 e. The van der Waals surface area contributed by atoms with E-state index >= 15 is 0 Å². The number of benzene rings is 2. The lowest BCUT2D eigenvalue weighted by molar-refractivity contribution is 0.0494. The van der Waals surface area contributed by atoms with Crippen LogP contribution in [0.25, 0.3) is 0 Å². The molecule has 1 unspecified atom stereocenters. The van der Waals surface area contributed by atoms with E-state index in [1.165, 1.54) is 5.56 Å². The van der Waals surface area contributed by atoms with Crippen molar-refractivity contribution in [1.82, 2.24) is 9.80 Å². The lowest BCUT2D eigenvalue weighted by atomic mass is 10.1. The lowest BCUT2D eigenvalue weighted by Crippen LogP contribution is -2.52. The smallest absolute Gasteiger partial charge is 0.163 e. The van der Waals surface area contributed by atoms with Crippen LogP contribution in [0.15, 0.2) is 42.5 Å². The zero-order valence-electron chi connectivity index (χ0n) is 16.3. The molecule has 4 nitrogen and oxygen atoms in total. The predicted octanol–water partition coefficient (Wildman–Crippen LogP) is 3.43. The first kappa shape index (κ1) is 20.7. The summed E-state index contributed by atoms with van der Waals surface area (Å²) >= 11 is 0. The van der Waals surface area contributed by atoms with Crippen molar-refractivity contribution < 1.29 is 18.6 Å². The van der Waals surface area contributed by atoms with Gasteiger partial charge in [0.25, 0.3) is 0 Å². The third-order valence-corrected chi connectivity index (χ3v) is 5.20. The molecule has 1 saturated heterocycles. The monoisotopic (exact) mass is 390 g/mol. The summed E-state index contributed by atoms with van der Waals surface area (Å²) in [6, 6.07) is 12.6. The van der Waals surface area contributed by atoms with E-state index in [4.69, 9.17) is 4.74 Å². The van der Waals surface area contributed by atoms with E-state index in [0.717, 1.165) is 31.5 Å². The van der Waals surface area contributed by atoms with Crippen molar-refractivity contribution in [3.05, 3.63) is 65.2 Å². The number of aliphatic hydroxyl groups excluding tert-OH is 1. The van der Waals surface area contributed by atoms with Gasteiger partial charge in [-0.3, -0.25) is 9.80 Å². The number of halogens is 2. The maximum atomic E-state index is 14.0. The quantitative estimate of drug-likeness (QED) is 0.749. The minimum atomic E-state index is -0.807. The van der Waals surface area contributed by atoms with E-state index in [9.17, 15) is 13.9 Å². The third-order valence-electron chi connectivity index (χ3n) is 5.20. The van der Waals surface area contributed by atoms with Crippen molar-refractivity contribution in [2.24, 2.45) is 0 Å². The Bertz CT molecular complexity index is 755. The summed E-state index contributed by atoms with van der Waals surface area (Å²) in [4.78, 5) is 4.48. The minimum Gasteiger partial charge on any atom is -0.494 e. The zero-order chi connectivity index (χ0) is 19.9. The maximum Gasteiger partial charge on any atom is 0.163 e. The minimum absolute atomic E-state index is 0.104. The second-order valence-electron chi connectivity index (χ2n) is 7.16. The van der Waals surface area contributed by atoms with Gasteiger partial charge >= 0.3 is 0 Å². The SMILES string of the molecule is CCOc1ccc(CN2CCN(Cc3cccc(F)c3F)CC2CCO)cc1. The molecule has 1 atom stereocenters. The summed E-state index contributed by atoms with van der Waals surface area (Å²) in [6.07, 6.45) is 0.652. The third kappa shape index (κ3) is 5.28. The van der Waals surface area contributed by atoms with Gasteiger partial charge in [-0.15, -0.1) is 0 Å². The Morgan fingerprint density at radius 1 is 1.07 bits per heavy atom. The molecule has 6 heteroatoms. The van der Waals surface area contributed by atoms with Gasteiger partial charge in [-0.1, -0.05) is 24.3 Å². The van der Waals surface area contributed by atoms with Crippen LogP contribution < -0.4 is 4.74 Å². The molecule has 1 heterocycles. The molecule has 2 aromatic rings. The standard InChI is InChI=1S/C22H28F2N2O2/c1-2-28-20-8-6-17(7-9-20)14-26-12-11-25(16-19(26)10-13-27)15-18-4-3-5-21(23)22(18)24/h3-9,19,27H,2,10-16H2,1H3. The average Bonchev–Trinajstić information content (AvgIpc) is 2.69. The van der Waals surface area contributed by atoms with Crippen LogP contribution >= 0.6 is 0 Å². The average molecular weight is 390 g/mol. The van der Waals surface area contributed by atoms with Crippen LogP contribution in [0, 0.1) is 11.6 Å². The Kier molecular flexibility index (Phi) is 7.36. The van der Waals surface area contributed by atoms with Gasteiger partial charge in [0.05, 0.1) is 6.61 Å². The fraction of sp³-hybridized carbons (Fsp3) is 0.455. The molecule has 28 heavy (non-hydrogen) atoms. The van der Waals surface area contributed by atoms with Gasteiger partial charge in [0.15, 0.2) is 11.6 Å². The van der Waals surface area contributed by atoms with Crippen molar-refractivity contribution in [2.75, 3.05) is 32.8 Å². The molecule has 0 amide bonds. The number of piperazine rings is 1. The fourth-order valence-electron chi connectivity index (χ4n) is 3.74. The van der Waals surface area contributed by atoms with Gasteiger partial charge in [-0.25, -0.2) is 8.78 Å².